The van der Waals surface area contributed by atoms with Crippen molar-refractivity contribution in [1.29, 1.82) is 5.26 Å². The first-order valence-electron chi connectivity index (χ1n) is 8.98. The lowest BCUT2D eigenvalue weighted by Gasteiger charge is -2.10. The summed E-state index contributed by atoms with van der Waals surface area (Å²) in [5, 5.41) is 10.8. The maximum atomic E-state index is 9.67. The van der Waals surface area contributed by atoms with Crippen LogP contribution in [0.3, 0.4) is 0 Å². The van der Waals surface area contributed by atoms with Gasteiger partial charge in [-0.25, -0.2) is 0 Å². The van der Waals surface area contributed by atoms with Gasteiger partial charge < -0.3 is 4.57 Å². The minimum atomic E-state index is 0.649. The average Bonchev–Trinajstić information content (AvgIpc) is 2.99. The van der Waals surface area contributed by atoms with Crippen molar-refractivity contribution < 1.29 is 0 Å². The lowest BCUT2D eigenvalue weighted by atomic mass is 10.0. The summed E-state index contributed by atoms with van der Waals surface area (Å²) in [6.45, 7) is 4.17. The van der Waals surface area contributed by atoms with Crippen molar-refractivity contribution in [3.05, 3.63) is 93.8 Å². The number of hydrogen-bond acceptors (Lipinski definition) is 2. The van der Waals surface area contributed by atoms with Crippen LogP contribution in [0.25, 0.3) is 28.2 Å². The molecule has 0 N–H and O–H groups in total. The molecule has 4 rings (SSSR count). The van der Waals surface area contributed by atoms with Gasteiger partial charge in [-0.05, 0) is 73.5 Å². The molecule has 2 aromatic carbocycles. The highest BCUT2D eigenvalue weighted by Gasteiger charge is 2.11. The molecule has 0 saturated carbocycles. The maximum absolute atomic E-state index is 9.67. The summed E-state index contributed by atoms with van der Waals surface area (Å²) in [5.41, 5.74) is 6.91. The van der Waals surface area contributed by atoms with E-state index < -0.39 is 0 Å². The lowest BCUT2D eigenvalue weighted by Crippen LogP contribution is -1.99. The van der Waals surface area contributed by atoms with Crippen LogP contribution in [0.15, 0.2) is 71.3 Å². The molecule has 0 amide bonds. The number of benzene rings is 2. The molecule has 136 valence electrons. The van der Waals surface area contributed by atoms with Crippen molar-refractivity contribution in [2.75, 3.05) is 0 Å². The zero-order valence-electron chi connectivity index (χ0n) is 15.6. The predicted octanol–water partition coefficient (Wildman–Crippen LogP) is 6.47. The van der Waals surface area contributed by atoms with Gasteiger partial charge in [-0.1, -0.05) is 34.1 Å². The van der Waals surface area contributed by atoms with Gasteiger partial charge in [0.25, 0.3) is 0 Å². The van der Waals surface area contributed by atoms with Gasteiger partial charge in [-0.2, -0.15) is 5.26 Å². The third kappa shape index (κ3) is 3.37. The van der Waals surface area contributed by atoms with E-state index in [0.717, 1.165) is 43.6 Å². The second-order valence-electron chi connectivity index (χ2n) is 6.72. The molecule has 2 heterocycles. The number of allylic oxidation sites excluding steroid dienone is 1. The molecule has 0 unspecified atom stereocenters. The Labute approximate surface area is 172 Å². The first-order chi connectivity index (χ1) is 13.6. The molecule has 3 nitrogen and oxygen atoms in total. The van der Waals surface area contributed by atoms with Crippen molar-refractivity contribution >= 4 is 38.5 Å². The number of pyridine rings is 1. The summed E-state index contributed by atoms with van der Waals surface area (Å²) in [4.78, 5) is 4.40. The summed E-state index contributed by atoms with van der Waals surface area (Å²) in [7, 11) is 0. The SMILES string of the molecule is Cc1cc(/C=C(/C#N)c2ccc(Br)cc2)c(C)n1-c1ccc2ncccc2c1. The first kappa shape index (κ1) is 18.2. The predicted molar refractivity (Wildman–Crippen MR) is 118 cm³/mol. The van der Waals surface area contributed by atoms with E-state index in [4.69, 9.17) is 0 Å². The molecule has 0 aliphatic heterocycles. The molecule has 2 aromatic heterocycles. The molecular formula is C24H18BrN3. The lowest BCUT2D eigenvalue weighted by molar-refractivity contribution is 0.966. The van der Waals surface area contributed by atoms with E-state index in [1.54, 1.807) is 0 Å². The molecule has 0 atom stereocenters. The van der Waals surface area contributed by atoms with E-state index in [1.807, 2.05) is 48.7 Å². The summed E-state index contributed by atoms with van der Waals surface area (Å²) in [5.74, 6) is 0. The van der Waals surface area contributed by atoms with Gasteiger partial charge in [0, 0.05) is 33.1 Å². The fraction of sp³-hybridized carbons (Fsp3) is 0.0833. The average molecular weight is 428 g/mol. The van der Waals surface area contributed by atoms with Crippen molar-refractivity contribution in [2.45, 2.75) is 13.8 Å². The highest BCUT2D eigenvalue weighted by atomic mass is 79.9. The van der Waals surface area contributed by atoms with Crippen LogP contribution in [0.1, 0.15) is 22.5 Å². The van der Waals surface area contributed by atoms with Crippen LogP contribution in [-0.2, 0) is 0 Å². The number of nitrogens with zero attached hydrogens (tertiary/aromatic N) is 3. The number of hydrogen-bond donors (Lipinski definition) is 0. The van der Waals surface area contributed by atoms with Crippen LogP contribution < -0.4 is 0 Å². The van der Waals surface area contributed by atoms with Crippen LogP contribution in [0.4, 0.5) is 0 Å². The Kier molecular flexibility index (Phi) is 4.85. The summed E-state index contributed by atoms with van der Waals surface area (Å²) < 4.78 is 3.21. The zero-order chi connectivity index (χ0) is 19.7. The summed E-state index contributed by atoms with van der Waals surface area (Å²) in [6, 6.07) is 22.6. The van der Waals surface area contributed by atoms with Gasteiger partial charge in [0.2, 0.25) is 0 Å². The topological polar surface area (TPSA) is 41.6 Å². The van der Waals surface area contributed by atoms with Crippen LogP contribution in [0, 0.1) is 25.2 Å². The van der Waals surface area contributed by atoms with Crippen LogP contribution >= 0.6 is 15.9 Å². The number of halogens is 1. The number of aryl methyl sites for hydroxylation is 1. The summed E-state index contributed by atoms with van der Waals surface area (Å²) >= 11 is 3.44. The molecule has 0 radical (unpaired) electrons. The van der Waals surface area contributed by atoms with E-state index in [0.29, 0.717) is 5.57 Å². The Morgan fingerprint density at radius 3 is 2.61 bits per heavy atom. The third-order valence-electron chi connectivity index (χ3n) is 4.89. The van der Waals surface area contributed by atoms with Crippen molar-refractivity contribution in [3.8, 4) is 11.8 Å². The van der Waals surface area contributed by atoms with Crippen molar-refractivity contribution in [2.24, 2.45) is 0 Å². The molecule has 0 aliphatic rings. The highest BCUT2D eigenvalue weighted by molar-refractivity contribution is 9.10. The quantitative estimate of drug-likeness (QED) is 0.351. The number of rotatable bonds is 3. The molecule has 0 saturated heterocycles. The van der Waals surface area contributed by atoms with Crippen molar-refractivity contribution in [1.82, 2.24) is 9.55 Å². The van der Waals surface area contributed by atoms with Crippen molar-refractivity contribution in [3.63, 3.8) is 0 Å². The van der Waals surface area contributed by atoms with E-state index >= 15 is 0 Å². The van der Waals surface area contributed by atoms with Gasteiger partial charge in [-0.15, -0.1) is 0 Å². The minimum absolute atomic E-state index is 0.649. The molecule has 28 heavy (non-hydrogen) atoms. The number of nitriles is 1. The largest absolute Gasteiger partial charge is 0.318 e. The fourth-order valence-electron chi connectivity index (χ4n) is 3.50. The van der Waals surface area contributed by atoms with Crippen LogP contribution in [0.2, 0.25) is 0 Å². The van der Waals surface area contributed by atoms with E-state index in [1.165, 1.54) is 0 Å². The Bertz CT molecular complexity index is 1240. The molecule has 4 aromatic rings. The van der Waals surface area contributed by atoms with Gasteiger partial charge in [0.15, 0.2) is 0 Å². The fourth-order valence-corrected chi connectivity index (χ4v) is 3.76. The second-order valence-corrected chi connectivity index (χ2v) is 7.63. The van der Waals surface area contributed by atoms with E-state index in [9.17, 15) is 5.26 Å². The highest BCUT2D eigenvalue weighted by Crippen LogP contribution is 2.27. The molecule has 0 fully saturated rings. The monoisotopic (exact) mass is 427 g/mol. The third-order valence-corrected chi connectivity index (χ3v) is 5.42. The summed E-state index contributed by atoms with van der Waals surface area (Å²) in [6.07, 6.45) is 3.77. The molecule has 0 aliphatic carbocycles. The maximum Gasteiger partial charge on any atom is 0.0998 e. The smallest absolute Gasteiger partial charge is 0.0998 e. The van der Waals surface area contributed by atoms with Crippen LogP contribution in [-0.4, -0.2) is 9.55 Å². The Hall–Kier alpha value is -3.16. The Morgan fingerprint density at radius 1 is 1.07 bits per heavy atom. The molecule has 4 heteroatoms. The molecular weight excluding hydrogens is 410 g/mol. The van der Waals surface area contributed by atoms with Gasteiger partial charge in [0.05, 0.1) is 17.2 Å². The number of fused-ring (bicyclic) bond motifs is 1. The van der Waals surface area contributed by atoms with Crippen LogP contribution in [0.5, 0.6) is 0 Å². The normalized spacial score (nSPS) is 11.6. The Balaban J connectivity index is 1.80. The van der Waals surface area contributed by atoms with Gasteiger partial charge in [-0.3, -0.25) is 4.98 Å². The van der Waals surface area contributed by atoms with E-state index in [2.05, 4.69) is 69.7 Å². The molecule has 0 bridgehead atoms. The molecule has 0 spiro atoms. The van der Waals surface area contributed by atoms with Gasteiger partial charge >= 0.3 is 0 Å². The Morgan fingerprint density at radius 2 is 1.86 bits per heavy atom. The van der Waals surface area contributed by atoms with E-state index in [-0.39, 0.29) is 0 Å². The number of aromatic nitrogens is 2. The zero-order valence-corrected chi connectivity index (χ0v) is 17.2. The second kappa shape index (κ2) is 7.46. The first-order valence-corrected chi connectivity index (χ1v) is 9.78. The van der Waals surface area contributed by atoms with Gasteiger partial charge in [0.1, 0.15) is 0 Å². The minimum Gasteiger partial charge on any atom is -0.318 e. The standard InChI is InChI=1S/C24H18BrN3/c1-16-12-20(13-21(15-26)18-5-7-22(25)8-6-18)17(2)28(16)23-9-10-24-19(14-23)4-3-11-27-24/h3-14H,1-2H3/b21-13-.